The molecule has 0 saturated heterocycles. The van der Waals surface area contributed by atoms with Crippen LogP contribution in [0.15, 0.2) is 84.9 Å². The minimum atomic E-state index is -7.22. The standard InChI is InChI=1S/C26H22NO3.C24BF20/c1-18-12-13-19(2)25(16-18)30-26(29)23-15-14-20-8-6-7-11-22(20)27(23)17-24(28)21-9-4-3-5-10-21;26-5-1(6(27)14(35)21(42)13(5)34)25(2-7(28)15(36)22(43)16(37)8(2)29,3-9(30)17(38)23(44)18(39)10(3)31)4-11(32)19(40)24(45)20(41)12(4)33/h3-16H,17H2,1-2H3;/q+1;-1. The van der Waals surface area contributed by atoms with Crippen LogP contribution >= 0.6 is 0 Å². The second-order valence-electron chi connectivity index (χ2n) is 16.1. The quantitative estimate of drug-likeness (QED) is 0.0212. The van der Waals surface area contributed by atoms with E-state index in [0.29, 0.717) is 17.0 Å². The van der Waals surface area contributed by atoms with Crippen molar-refractivity contribution in [2.24, 2.45) is 0 Å². The number of halogens is 20. The third-order valence-corrected chi connectivity index (χ3v) is 11.8. The number of nitrogens with zero attached hydrogens (tertiary/aromatic N) is 1. The first kappa shape index (κ1) is 54.5. The van der Waals surface area contributed by atoms with E-state index in [9.17, 15) is 62.3 Å². The molecular weight excluding hydrogens is 1050 g/mol. The SMILES string of the molecule is Cc1ccc(C)c(OC(=O)c2ccc3ccccc3[n+]2CC(=O)c2ccccc2)c1.Fc1c(F)c(F)c([B-](c2c(F)c(F)c(F)c(F)c2F)(c2c(F)c(F)c(F)c(F)c2F)c2c(F)c(F)c(F)c(F)c2F)c(F)c1F. The van der Waals surface area contributed by atoms with Crippen molar-refractivity contribution in [1.29, 1.82) is 0 Å². The lowest BCUT2D eigenvalue weighted by Gasteiger charge is -2.44. The zero-order valence-corrected chi connectivity index (χ0v) is 37.1. The molecule has 388 valence electrons. The van der Waals surface area contributed by atoms with Gasteiger partial charge in [-0.3, -0.25) is 4.79 Å². The minimum Gasteiger partial charge on any atom is -0.418 e. The maximum absolute atomic E-state index is 15.4. The normalized spacial score (nSPS) is 11.5. The van der Waals surface area contributed by atoms with Crippen LogP contribution in [0.5, 0.6) is 5.75 Å². The molecule has 1 heterocycles. The highest BCUT2D eigenvalue weighted by molar-refractivity contribution is 7.20. The Labute approximate surface area is 406 Å². The van der Waals surface area contributed by atoms with E-state index in [1.54, 1.807) is 22.8 Å². The van der Waals surface area contributed by atoms with Gasteiger partial charge in [0.15, 0.2) is 69.8 Å². The molecule has 0 saturated carbocycles. The van der Waals surface area contributed by atoms with Gasteiger partial charge in [0.2, 0.25) is 17.8 Å². The molecule has 0 aliphatic rings. The molecule has 4 nitrogen and oxygen atoms in total. The summed E-state index contributed by atoms with van der Waals surface area (Å²) < 4.78 is 301. The van der Waals surface area contributed by atoms with E-state index >= 15 is 35.1 Å². The van der Waals surface area contributed by atoms with Gasteiger partial charge < -0.3 is 4.74 Å². The maximum Gasteiger partial charge on any atom is 0.409 e. The molecule has 0 N–H and O–H groups in total. The highest BCUT2D eigenvalue weighted by atomic mass is 19.2. The van der Waals surface area contributed by atoms with Crippen LogP contribution in [0, 0.1) is 130 Å². The summed E-state index contributed by atoms with van der Waals surface area (Å²) in [4.78, 5) is 26.0. The molecule has 0 unspecified atom stereocenters. The molecule has 7 aromatic carbocycles. The Morgan fingerprint density at radius 2 is 0.760 bits per heavy atom. The molecule has 0 bridgehead atoms. The number of fused-ring (bicyclic) bond motifs is 1. The molecule has 0 aliphatic carbocycles. The van der Waals surface area contributed by atoms with Crippen molar-refractivity contribution in [2.75, 3.05) is 0 Å². The third-order valence-electron chi connectivity index (χ3n) is 11.8. The van der Waals surface area contributed by atoms with E-state index < -0.39 is 150 Å². The topological polar surface area (TPSA) is 47.2 Å². The van der Waals surface area contributed by atoms with Crippen molar-refractivity contribution in [1.82, 2.24) is 0 Å². The van der Waals surface area contributed by atoms with Crippen LogP contribution < -0.4 is 31.2 Å². The molecule has 8 rings (SSSR count). The van der Waals surface area contributed by atoms with Crippen LogP contribution in [-0.4, -0.2) is 17.9 Å². The van der Waals surface area contributed by atoms with Crippen LogP contribution in [0.2, 0.25) is 0 Å². The Hall–Kier alpha value is -8.25. The summed E-state index contributed by atoms with van der Waals surface area (Å²) >= 11 is 0. The molecule has 25 heteroatoms. The summed E-state index contributed by atoms with van der Waals surface area (Å²) in [6.45, 7) is 3.89. The molecule has 0 atom stereocenters. The molecule has 0 fully saturated rings. The lowest BCUT2D eigenvalue weighted by molar-refractivity contribution is -0.659. The minimum absolute atomic E-state index is 0.0442. The number of carbonyl (C=O) groups excluding carboxylic acids is 2. The van der Waals surface area contributed by atoms with Crippen molar-refractivity contribution < 1.29 is 107 Å². The zero-order chi connectivity index (χ0) is 55.4. The highest BCUT2D eigenvalue weighted by Crippen LogP contribution is 2.31. The lowest BCUT2D eigenvalue weighted by atomic mass is 9.12. The Morgan fingerprint density at radius 3 is 1.15 bits per heavy atom. The number of pyridine rings is 1. The summed E-state index contributed by atoms with van der Waals surface area (Å²) in [6, 6.07) is 26.1. The van der Waals surface area contributed by atoms with Crippen LogP contribution in [0.4, 0.5) is 87.8 Å². The predicted molar refractivity (Wildman–Crippen MR) is 225 cm³/mol. The fourth-order valence-electron chi connectivity index (χ4n) is 8.31. The van der Waals surface area contributed by atoms with Crippen molar-refractivity contribution >= 4 is 50.7 Å². The summed E-state index contributed by atoms with van der Waals surface area (Å²) in [5.41, 5.74) is -10.7. The van der Waals surface area contributed by atoms with Crippen LogP contribution in [0.3, 0.4) is 0 Å². The summed E-state index contributed by atoms with van der Waals surface area (Å²) in [6.07, 6.45) is -7.22. The van der Waals surface area contributed by atoms with E-state index in [2.05, 4.69) is 0 Å². The number of hydrogen-bond acceptors (Lipinski definition) is 3. The Morgan fingerprint density at radius 1 is 0.413 bits per heavy atom. The molecule has 1 aromatic heterocycles. The molecule has 8 aromatic rings. The molecule has 75 heavy (non-hydrogen) atoms. The lowest BCUT2D eigenvalue weighted by Crippen LogP contribution is -2.81. The van der Waals surface area contributed by atoms with Gasteiger partial charge in [-0.25, -0.2) is 92.6 Å². The van der Waals surface area contributed by atoms with Crippen molar-refractivity contribution in [3.8, 4) is 5.75 Å². The first-order chi connectivity index (χ1) is 35.2. The average Bonchev–Trinajstić information content (AvgIpc) is 3.40. The summed E-state index contributed by atoms with van der Waals surface area (Å²) in [5.74, 6) is -71.4. The Balaban J connectivity index is 0.000000236. The van der Waals surface area contributed by atoms with E-state index in [1.807, 2.05) is 80.6 Å². The second-order valence-corrected chi connectivity index (χ2v) is 16.1. The molecular formula is C50H22BF20NO3. The van der Waals surface area contributed by atoms with E-state index in [1.165, 1.54) is 0 Å². The number of aryl methyl sites for hydroxylation is 2. The number of rotatable bonds is 9. The van der Waals surface area contributed by atoms with E-state index in [4.69, 9.17) is 4.74 Å². The van der Waals surface area contributed by atoms with Gasteiger partial charge in [0.05, 0.1) is 0 Å². The smallest absolute Gasteiger partial charge is 0.409 e. The zero-order valence-electron chi connectivity index (χ0n) is 37.1. The monoisotopic (exact) mass is 1080 g/mol. The molecule has 0 spiro atoms. The maximum atomic E-state index is 15.4. The van der Waals surface area contributed by atoms with Gasteiger partial charge in [-0.1, -0.05) is 54.6 Å². The fraction of sp³-hybridized carbons (Fsp3) is 0.0600. The number of ether oxygens (including phenoxy) is 1. The number of para-hydroxylation sites is 1. The van der Waals surface area contributed by atoms with Gasteiger partial charge in [-0.15, -0.1) is 21.9 Å². The van der Waals surface area contributed by atoms with Gasteiger partial charge in [0.1, 0.15) is 58.4 Å². The Bertz CT molecular complexity index is 3310. The number of aromatic nitrogens is 1. The van der Waals surface area contributed by atoms with Crippen molar-refractivity contribution in [3.63, 3.8) is 0 Å². The fourth-order valence-corrected chi connectivity index (χ4v) is 8.31. The molecule has 0 radical (unpaired) electrons. The number of hydrogen-bond donors (Lipinski definition) is 0. The van der Waals surface area contributed by atoms with Gasteiger partial charge in [-0.05, 0) is 43.2 Å². The van der Waals surface area contributed by atoms with E-state index in [-0.39, 0.29) is 12.3 Å². The van der Waals surface area contributed by atoms with Crippen LogP contribution in [-0.2, 0) is 6.54 Å². The first-order valence-electron chi connectivity index (χ1n) is 20.8. The first-order valence-corrected chi connectivity index (χ1v) is 20.8. The van der Waals surface area contributed by atoms with Crippen LogP contribution in [0.25, 0.3) is 10.9 Å². The molecule has 0 amide bonds. The highest BCUT2D eigenvalue weighted by Gasteiger charge is 2.52. The van der Waals surface area contributed by atoms with Gasteiger partial charge in [0, 0.05) is 23.1 Å². The van der Waals surface area contributed by atoms with E-state index in [0.717, 1.165) is 22.0 Å². The predicted octanol–water partition coefficient (Wildman–Crippen LogP) is 10.7. The van der Waals surface area contributed by atoms with Crippen molar-refractivity contribution in [2.45, 2.75) is 20.4 Å². The number of ketones is 1. The van der Waals surface area contributed by atoms with Gasteiger partial charge in [-0.2, -0.15) is 4.57 Å². The van der Waals surface area contributed by atoms with Crippen LogP contribution in [0.1, 0.15) is 32.0 Å². The molecule has 0 aliphatic heterocycles. The van der Waals surface area contributed by atoms with Crippen molar-refractivity contribution in [3.05, 3.63) is 224 Å². The second kappa shape index (κ2) is 20.6. The average molecular weight is 1080 g/mol. The third kappa shape index (κ3) is 8.96. The number of esters is 1. The summed E-state index contributed by atoms with van der Waals surface area (Å²) in [7, 11) is 0. The van der Waals surface area contributed by atoms with Gasteiger partial charge >= 0.3 is 5.97 Å². The number of benzene rings is 7. The Kier molecular flexibility index (Phi) is 15.0. The number of Topliss-reactive ketones (excluding diaryl/α,β-unsaturated/α-hetero) is 1. The van der Waals surface area contributed by atoms with Gasteiger partial charge in [0.25, 0.3) is 5.69 Å². The number of carbonyl (C=O) groups is 2. The summed E-state index contributed by atoms with van der Waals surface area (Å²) in [5, 5.41) is 0.946. The largest absolute Gasteiger partial charge is 0.418 e.